The monoisotopic (exact) mass is 513 g/mol. The van der Waals surface area contributed by atoms with Crippen molar-refractivity contribution in [1.82, 2.24) is 20.0 Å². The first-order valence-electron chi connectivity index (χ1n) is 8.80. The van der Waals surface area contributed by atoms with E-state index in [9.17, 15) is 4.79 Å². The minimum absolute atomic E-state index is 0.195. The second kappa shape index (κ2) is 9.10. The number of hydrogen-bond acceptors (Lipinski definition) is 3. The molecule has 0 saturated heterocycles. The summed E-state index contributed by atoms with van der Waals surface area (Å²) in [5.74, 6) is -0.262. The van der Waals surface area contributed by atoms with Crippen LogP contribution in [0.2, 0.25) is 25.1 Å². The zero-order valence-electron chi connectivity index (χ0n) is 15.5. The average Bonchev–Trinajstić information content (AvgIpc) is 3.34. The molecule has 0 saturated carbocycles. The van der Waals surface area contributed by atoms with Gasteiger partial charge in [0.15, 0.2) is 5.82 Å². The van der Waals surface area contributed by atoms with Crippen LogP contribution in [-0.4, -0.2) is 25.9 Å². The first kappa shape index (κ1) is 22.0. The highest BCUT2D eigenvalue weighted by Crippen LogP contribution is 2.29. The second-order valence-corrected chi connectivity index (χ2v) is 8.51. The fourth-order valence-electron chi connectivity index (χ4n) is 2.82. The molecule has 2 heterocycles. The Kier molecular flexibility index (Phi) is 6.46. The summed E-state index contributed by atoms with van der Waals surface area (Å²) in [6.45, 7) is 0.291. The van der Waals surface area contributed by atoms with E-state index < -0.39 is 5.91 Å². The molecule has 2 N–H and O–H groups in total. The number of aromatic amines is 1. The van der Waals surface area contributed by atoms with Crippen LogP contribution >= 0.6 is 58.0 Å². The molecule has 0 radical (unpaired) electrons. The molecule has 0 aliphatic carbocycles. The maximum atomic E-state index is 12.6. The standard InChI is InChI=1S/C20H12Cl5N5O/c21-12-2-1-3-13(22)11(12)8-30-9-16(25)19(29-30)26-20(31)18-7-17(27-28-18)10-4-5-14(23)15(24)6-10/h1-7,9H,8H2,(H,27,28)(H,26,29,31). The van der Waals surface area contributed by atoms with Gasteiger partial charge in [-0.1, -0.05) is 70.1 Å². The Labute approximate surface area is 202 Å². The quantitative estimate of drug-likeness (QED) is 0.306. The average molecular weight is 516 g/mol. The van der Waals surface area contributed by atoms with Crippen LogP contribution in [0.3, 0.4) is 0 Å². The molecular formula is C20H12Cl5N5O. The van der Waals surface area contributed by atoms with Gasteiger partial charge in [0.05, 0.1) is 22.3 Å². The minimum atomic E-state index is -0.457. The zero-order chi connectivity index (χ0) is 22.1. The van der Waals surface area contributed by atoms with Crippen molar-refractivity contribution >= 4 is 69.7 Å². The lowest BCUT2D eigenvalue weighted by atomic mass is 10.1. The lowest BCUT2D eigenvalue weighted by molar-refractivity contribution is 0.102. The molecule has 4 aromatic rings. The topological polar surface area (TPSA) is 75.6 Å². The molecule has 0 atom stereocenters. The van der Waals surface area contributed by atoms with Gasteiger partial charge in [-0.15, -0.1) is 0 Å². The number of nitrogens with one attached hydrogen (secondary N) is 2. The summed E-state index contributed by atoms with van der Waals surface area (Å²) < 4.78 is 1.54. The van der Waals surface area contributed by atoms with E-state index in [-0.39, 0.29) is 16.5 Å². The van der Waals surface area contributed by atoms with E-state index in [0.717, 1.165) is 0 Å². The third kappa shape index (κ3) is 4.84. The molecule has 0 fully saturated rings. The summed E-state index contributed by atoms with van der Waals surface area (Å²) in [5, 5.41) is 15.9. The fraction of sp³-hybridized carbons (Fsp3) is 0.0500. The zero-order valence-corrected chi connectivity index (χ0v) is 19.2. The van der Waals surface area contributed by atoms with Crippen LogP contribution in [0.1, 0.15) is 16.1 Å². The number of rotatable bonds is 5. The van der Waals surface area contributed by atoms with Crippen molar-refractivity contribution in [3.8, 4) is 11.3 Å². The molecule has 6 nitrogen and oxygen atoms in total. The van der Waals surface area contributed by atoms with E-state index in [1.54, 1.807) is 53.3 Å². The molecule has 0 spiro atoms. The Morgan fingerprint density at radius 2 is 1.68 bits per heavy atom. The number of nitrogens with zero attached hydrogens (tertiary/aromatic N) is 3. The first-order valence-corrected chi connectivity index (χ1v) is 10.7. The van der Waals surface area contributed by atoms with Crippen LogP contribution in [0.25, 0.3) is 11.3 Å². The van der Waals surface area contributed by atoms with Crippen molar-refractivity contribution in [2.75, 3.05) is 5.32 Å². The predicted molar refractivity (Wildman–Crippen MR) is 125 cm³/mol. The Morgan fingerprint density at radius 1 is 0.935 bits per heavy atom. The van der Waals surface area contributed by atoms with E-state index in [4.69, 9.17) is 58.0 Å². The number of halogens is 5. The fourth-order valence-corrected chi connectivity index (χ4v) is 3.84. The number of H-pyrrole nitrogens is 1. The van der Waals surface area contributed by atoms with Crippen LogP contribution in [-0.2, 0) is 6.54 Å². The van der Waals surface area contributed by atoms with Crippen LogP contribution in [0, 0.1) is 0 Å². The van der Waals surface area contributed by atoms with Crippen molar-refractivity contribution < 1.29 is 4.79 Å². The van der Waals surface area contributed by atoms with Gasteiger partial charge in [-0.2, -0.15) is 10.2 Å². The van der Waals surface area contributed by atoms with Gasteiger partial charge in [0.2, 0.25) is 0 Å². The maximum Gasteiger partial charge on any atom is 0.274 e. The highest BCUT2D eigenvalue weighted by Gasteiger charge is 2.16. The van der Waals surface area contributed by atoms with Gasteiger partial charge in [-0.3, -0.25) is 14.6 Å². The van der Waals surface area contributed by atoms with Crippen LogP contribution < -0.4 is 5.32 Å². The Morgan fingerprint density at radius 3 is 2.39 bits per heavy atom. The van der Waals surface area contributed by atoms with Crippen molar-refractivity contribution in [2.45, 2.75) is 6.54 Å². The minimum Gasteiger partial charge on any atom is -0.302 e. The molecule has 0 aliphatic rings. The summed E-state index contributed by atoms with van der Waals surface area (Å²) in [5.41, 5.74) is 2.17. The number of carbonyl (C=O) groups excluding carboxylic acids is 1. The van der Waals surface area contributed by atoms with Crippen LogP contribution in [0.5, 0.6) is 0 Å². The summed E-state index contributed by atoms with van der Waals surface area (Å²) in [4.78, 5) is 12.6. The molecule has 11 heteroatoms. The van der Waals surface area contributed by atoms with Crippen LogP contribution in [0.15, 0.2) is 48.7 Å². The number of amides is 1. The van der Waals surface area contributed by atoms with Crippen molar-refractivity contribution in [3.63, 3.8) is 0 Å². The third-order valence-corrected chi connectivity index (χ3v) is 6.09. The van der Waals surface area contributed by atoms with E-state index in [1.807, 2.05) is 0 Å². The molecule has 158 valence electrons. The molecule has 0 bridgehead atoms. The van der Waals surface area contributed by atoms with Crippen LogP contribution in [0.4, 0.5) is 5.82 Å². The second-order valence-electron chi connectivity index (χ2n) is 6.47. The summed E-state index contributed by atoms with van der Waals surface area (Å²) >= 11 is 30.6. The summed E-state index contributed by atoms with van der Waals surface area (Å²) in [7, 11) is 0. The van der Waals surface area contributed by atoms with Crippen molar-refractivity contribution in [1.29, 1.82) is 0 Å². The largest absolute Gasteiger partial charge is 0.302 e. The molecule has 2 aromatic carbocycles. The van der Waals surface area contributed by atoms with E-state index >= 15 is 0 Å². The number of hydrogen-bond donors (Lipinski definition) is 2. The molecule has 31 heavy (non-hydrogen) atoms. The predicted octanol–water partition coefficient (Wildman–Crippen LogP) is 6.84. The number of aromatic nitrogens is 4. The molecule has 4 rings (SSSR count). The number of carbonyl (C=O) groups is 1. The Bertz CT molecular complexity index is 1260. The summed E-state index contributed by atoms with van der Waals surface area (Å²) in [6.07, 6.45) is 1.57. The highest BCUT2D eigenvalue weighted by atomic mass is 35.5. The normalized spacial score (nSPS) is 11.0. The van der Waals surface area contributed by atoms with Gasteiger partial charge in [0.1, 0.15) is 10.7 Å². The molecule has 1 amide bonds. The van der Waals surface area contributed by atoms with E-state index in [1.165, 1.54) is 0 Å². The SMILES string of the molecule is O=C(Nc1nn(Cc2c(Cl)cccc2Cl)cc1Cl)c1cc(-c2ccc(Cl)c(Cl)c2)n[nH]1. The van der Waals surface area contributed by atoms with Gasteiger partial charge in [-0.25, -0.2) is 0 Å². The molecule has 0 unspecified atom stereocenters. The van der Waals surface area contributed by atoms with Gasteiger partial charge in [0, 0.05) is 27.4 Å². The lowest BCUT2D eigenvalue weighted by Gasteiger charge is -2.06. The van der Waals surface area contributed by atoms with Gasteiger partial charge >= 0.3 is 0 Å². The van der Waals surface area contributed by atoms with Gasteiger partial charge in [0.25, 0.3) is 5.91 Å². The Hall–Kier alpha value is -2.22. The summed E-state index contributed by atoms with van der Waals surface area (Å²) in [6, 6.07) is 11.9. The highest BCUT2D eigenvalue weighted by molar-refractivity contribution is 6.42. The first-order chi connectivity index (χ1) is 14.8. The molecule has 0 aliphatic heterocycles. The van der Waals surface area contributed by atoms with Gasteiger partial charge < -0.3 is 5.32 Å². The van der Waals surface area contributed by atoms with E-state index in [2.05, 4.69) is 20.6 Å². The number of benzene rings is 2. The number of anilines is 1. The third-order valence-electron chi connectivity index (χ3n) is 4.37. The van der Waals surface area contributed by atoms with Crippen molar-refractivity contribution in [2.24, 2.45) is 0 Å². The van der Waals surface area contributed by atoms with E-state index in [0.29, 0.717) is 43.5 Å². The molecular weight excluding hydrogens is 504 g/mol. The maximum absolute atomic E-state index is 12.6. The van der Waals surface area contributed by atoms with Crippen molar-refractivity contribution in [3.05, 3.63) is 85.0 Å². The lowest BCUT2D eigenvalue weighted by Crippen LogP contribution is -2.13. The smallest absolute Gasteiger partial charge is 0.274 e. The Balaban J connectivity index is 1.50. The van der Waals surface area contributed by atoms with Gasteiger partial charge in [-0.05, 0) is 30.3 Å². The molecule has 2 aromatic heterocycles.